The van der Waals surface area contributed by atoms with Crippen molar-refractivity contribution in [3.05, 3.63) is 23.8 Å². The summed E-state index contributed by atoms with van der Waals surface area (Å²) in [5.74, 6) is 2.43. The quantitative estimate of drug-likeness (QED) is 0.872. The average molecular weight is 261 g/mol. The highest BCUT2D eigenvalue weighted by atomic mass is 16.6. The van der Waals surface area contributed by atoms with E-state index in [4.69, 9.17) is 14.2 Å². The maximum absolute atomic E-state index is 5.71. The van der Waals surface area contributed by atoms with Crippen LogP contribution >= 0.6 is 0 Å². The van der Waals surface area contributed by atoms with Gasteiger partial charge in [0.05, 0.1) is 13.2 Å². The molecule has 0 amide bonds. The van der Waals surface area contributed by atoms with Gasteiger partial charge in [0.15, 0.2) is 11.5 Å². The van der Waals surface area contributed by atoms with Crippen LogP contribution in [0.25, 0.3) is 0 Å². The molecule has 0 spiro atoms. The minimum Gasteiger partial charge on any atom is -0.486 e. The van der Waals surface area contributed by atoms with Gasteiger partial charge in [0.2, 0.25) is 0 Å². The topological polar surface area (TPSA) is 39.7 Å². The minimum absolute atomic E-state index is 0.180. The van der Waals surface area contributed by atoms with E-state index in [1.54, 1.807) is 0 Å². The largest absolute Gasteiger partial charge is 0.486 e. The van der Waals surface area contributed by atoms with Gasteiger partial charge in [-0.25, -0.2) is 0 Å². The average Bonchev–Trinajstić information content (AvgIpc) is 2.92. The van der Waals surface area contributed by atoms with Crippen LogP contribution in [0.2, 0.25) is 0 Å². The summed E-state index contributed by atoms with van der Waals surface area (Å²) in [5.41, 5.74) is 1.52. The van der Waals surface area contributed by atoms with Gasteiger partial charge >= 0.3 is 0 Å². The summed E-state index contributed by atoms with van der Waals surface area (Å²) in [6.07, 6.45) is 1.23. The number of ether oxygens (including phenoxy) is 3. The molecule has 0 saturated carbocycles. The highest BCUT2D eigenvalue weighted by Crippen LogP contribution is 2.44. The fourth-order valence-electron chi connectivity index (χ4n) is 3.44. The van der Waals surface area contributed by atoms with Crippen molar-refractivity contribution in [2.75, 3.05) is 39.5 Å². The monoisotopic (exact) mass is 261 g/mol. The fraction of sp³-hybridized carbons (Fsp3) is 0.600. The lowest BCUT2D eigenvalue weighted by atomic mass is 9.68. The molecule has 3 aliphatic heterocycles. The summed E-state index contributed by atoms with van der Waals surface area (Å²) >= 11 is 0. The van der Waals surface area contributed by atoms with Crippen LogP contribution < -0.4 is 14.8 Å². The molecule has 4 rings (SSSR count). The van der Waals surface area contributed by atoms with Crippen molar-refractivity contribution < 1.29 is 14.2 Å². The molecule has 0 aliphatic carbocycles. The number of hydrogen-bond acceptors (Lipinski definition) is 4. The van der Waals surface area contributed by atoms with Crippen LogP contribution in [0.15, 0.2) is 18.2 Å². The van der Waals surface area contributed by atoms with Gasteiger partial charge in [0, 0.05) is 5.41 Å². The van der Waals surface area contributed by atoms with E-state index in [2.05, 4.69) is 17.4 Å². The molecule has 1 aromatic rings. The molecule has 0 bridgehead atoms. The molecule has 1 unspecified atom stereocenters. The predicted molar refractivity (Wildman–Crippen MR) is 70.9 cm³/mol. The predicted octanol–water partition coefficient (Wildman–Crippen LogP) is 1.34. The third-order valence-corrected chi connectivity index (χ3v) is 4.68. The second-order valence-electron chi connectivity index (χ2n) is 5.70. The number of fused-ring (bicyclic) bond motifs is 1. The van der Waals surface area contributed by atoms with E-state index in [1.807, 2.05) is 6.07 Å². The second-order valence-corrected chi connectivity index (χ2v) is 5.70. The minimum atomic E-state index is 0.180. The molecule has 0 aromatic heterocycles. The van der Waals surface area contributed by atoms with E-state index < -0.39 is 0 Å². The van der Waals surface area contributed by atoms with Gasteiger partial charge in [-0.1, -0.05) is 6.07 Å². The maximum atomic E-state index is 5.71. The summed E-state index contributed by atoms with van der Waals surface area (Å²) in [6.45, 7) is 5.17. The molecule has 1 aromatic carbocycles. The molecule has 19 heavy (non-hydrogen) atoms. The first kappa shape index (κ1) is 11.6. The highest BCUT2D eigenvalue weighted by molar-refractivity contribution is 5.47. The second kappa shape index (κ2) is 4.39. The van der Waals surface area contributed by atoms with Crippen molar-refractivity contribution in [1.29, 1.82) is 0 Å². The van der Waals surface area contributed by atoms with Crippen molar-refractivity contribution in [2.24, 2.45) is 5.92 Å². The van der Waals surface area contributed by atoms with Crippen molar-refractivity contribution in [2.45, 2.75) is 11.8 Å². The lowest BCUT2D eigenvalue weighted by Crippen LogP contribution is -2.53. The molecule has 0 radical (unpaired) electrons. The molecule has 4 nitrogen and oxygen atoms in total. The summed E-state index contributed by atoms with van der Waals surface area (Å²) < 4.78 is 16.9. The van der Waals surface area contributed by atoms with E-state index >= 15 is 0 Å². The van der Waals surface area contributed by atoms with E-state index in [-0.39, 0.29) is 5.41 Å². The van der Waals surface area contributed by atoms with Crippen LogP contribution in [-0.2, 0) is 10.2 Å². The van der Waals surface area contributed by atoms with Crippen molar-refractivity contribution >= 4 is 0 Å². The summed E-state index contributed by atoms with van der Waals surface area (Å²) in [4.78, 5) is 0. The molecule has 4 heteroatoms. The molecule has 1 atom stereocenters. The Kier molecular flexibility index (Phi) is 2.67. The van der Waals surface area contributed by atoms with Crippen LogP contribution in [0.3, 0.4) is 0 Å². The first-order valence-corrected chi connectivity index (χ1v) is 7.07. The fourth-order valence-corrected chi connectivity index (χ4v) is 3.44. The van der Waals surface area contributed by atoms with Gasteiger partial charge < -0.3 is 19.5 Å². The van der Waals surface area contributed by atoms with E-state index in [0.717, 1.165) is 37.8 Å². The van der Waals surface area contributed by atoms with Crippen molar-refractivity contribution in [3.63, 3.8) is 0 Å². The van der Waals surface area contributed by atoms with Gasteiger partial charge in [-0.3, -0.25) is 0 Å². The van der Waals surface area contributed by atoms with E-state index in [0.29, 0.717) is 19.1 Å². The Morgan fingerprint density at radius 1 is 1.11 bits per heavy atom. The zero-order chi connectivity index (χ0) is 12.7. The number of hydrogen-bond donors (Lipinski definition) is 1. The Balaban J connectivity index is 1.70. The lowest BCUT2D eigenvalue weighted by molar-refractivity contribution is -0.0870. The molecule has 2 fully saturated rings. The SMILES string of the molecule is c1cc2c(cc1C1(C3CCNC3)COC1)OCCO2. The van der Waals surface area contributed by atoms with Crippen molar-refractivity contribution in [1.82, 2.24) is 5.32 Å². The zero-order valence-corrected chi connectivity index (χ0v) is 11.0. The normalized spacial score (nSPS) is 27.9. The summed E-state index contributed by atoms with van der Waals surface area (Å²) in [6, 6.07) is 6.40. The van der Waals surface area contributed by atoms with Crippen molar-refractivity contribution in [3.8, 4) is 11.5 Å². The third kappa shape index (κ3) is 1.74. The highest BCUT2D eigenvalue weighted by Gasteiger charge is 2.48. The van der Waals surface area contributed by atoms with Gasteiger partial charge in [-0.2, -0.15) is 0 Å². The molecular weight excluding hydrogens is 242 g/mol. The first-order valence-electron chi connectivity index (χ1n) is 7.07. The Morgan fingerprint density at radius 3 is 2.63 bits per heavy atom. The number of benzene rings is 1. The standard InChI is InChI=1S/C15H19NO3/c1-2-13-14(19-6-5-18-13)7-11(1)15(9-17-10-15)12-3-4-16-8-12/h1-2,7,12,16H,3-6,8-10H2. The molecular formula is C15H19NO3. The van der Waals surface area contributed by atoms with Crippen LogP contribution in [0, 0.1) is 5.92 Å². The van der Waals surface area contributed by atoms with Gasteiger partial charge in [0.25, 0.3) is 0 Å². The number of nitrogens with one attached hydrogen (secondary N) is 1. The lowest BCUT2D eigenvalue weighted by Gasteiger charge is -2.46. The van der Waals surface area contributed by atoms with Crippen LogP contribution in [-0.4, -0.2) is 39.5 Å². The van der Waals surface area contributed by atoms with E-state index in [9.17, 15) is 0 Å². The van der Waals surface area contributed by atoms with Crippen LogP contribution in [0.1, 0.15) is 12.0 Å². The molecule has 102 valence electrons. The zero-order valence-electron chi connectivity index (χ0n) is 11.0. The molecule has 3 heterocycles. The van der Waals surface area contributed by atoms with Gasteiger partial charge in [0.1, 0.15) is 13.2 Å². The van der Waals surface area contributed by atoms with Gasteiger partial charge in [-0.05, 0) is 43.1 Å². The Morgan fingerprint density at radius 2 is 1.95 bits per heavy atom. The smallest absolute Gasteiger partial charge is 0.161 e. The third-order valence-electron chi connectivity index (χ3n) is 4.68. The molecule has 2 saturated heterocycles. The molecule has 1 N–H and O–H groups in total. The Hall–Kier alpha value is -1.26. The Labute approximate surface area is 113 Å². The first-order chi connectivity index (χ1) is 9.38. The van der Waals surface area contributed by atoms with Gasteiger partial charge in [-0.15, -0.1) is 0 Å². The summed E-state index contributed by atoms with van der Waals surface area (Å²) in [7, 11) is 0. The summed E-state index contributed by atoms with van der Waals surface area (Å²) in [5, 5.41) is 3.47. The van der Waals surface area contributed by atoms with Crippen LogP contribution in [0.4, 0.5) is 0 Å². The Bertz CT molecular complexity index is 478. The van der Waals surface area contributed by atoms with E-state index in [1.165, 1.54) is 12.0 Å². The molecule has 3 aliphatic rings. The van der Waals surface area contributed by atoms with Crippen LogP contribution in [0.5, 0.6) is 11.5 Å². The number of rotatable bonds is 2. The maximum Gasteiger partial charge on any atom is 0.161 e.